The summed E-state index contributed by atoms with van der Waals surface area (Å²) in [6.07, 6.45) is 1.59. The van der Waals surface area contributed by atoms with E-state index >= 15 is 0 Å². The fraction of sp³-hybridized carbons (Fsp3) is 0. The fourth-order valence-corrected chi connectivity index (χ4v) is 2.77. The summed E-state index contributed by atoms with van der Waals surface area (Å²) in [4.78, 5) is 19.4. The van der Waals surface area contributed by atoms with Crippen molar-refractivity contribution < 1.29 is 0 Å². The molecule has 0 unspecified atom stereocenters. The van der Waals surface area contributed by atoms with Gasteiger partial charge in [0.1, 0.15) is 15.3 Å². The third-order valence-electron chi connectivity index (χ3n) is 2.18. The summed E-state index contributed by atoms with van der Waals surface area (Å²) in [7, 11) is 0. The van der Waals surface area contributed by atoms with Crippen molar-refractivity contribution in [3.8, 4) is 10.6 Å². The van der Waals surface area contributed by atoms with Crippen molar-refractivity contribution in [2.24, 2.45) is 0 Å². The van der Waals surface area contributed by atoms with E-state index in [1.54, 1.807) is 18.3 Å². The van der Waals surface area contributed by atoms with Crippen LogP contribution in [0, 0.1) is 0 Å². The molecule has 3 aromatic heterocycles. The highest BCUT2D eigenvalue weighted by Gasteiger charge is 2.10. The number of hydrogen-bond donors (Lipinski definition) is 0. The van der Waals surface area contributed by atoms with Crippen molar-refractivity contribution in [2.45, 2.75) is 0 Å². The molecule has 0 atom stereocenters. The Morgan fingerprint density at radius 1 is 1.28 bits per heavy atom. The third-order valence-corrected chi connectivity index (χ3v) is 3.62. The first-order valence-corrected chi connectivity index (χ1v) is 6.39. The van der Waals surface area contributed by atoms with E-state index in [0.29, 0.717) is 15.1 Å². The van der Waals surface area contributed by atoms with Gasteiger partial charge in [0.15, 0.2) is 0 Å². The van der Waals surface area contributed by atoms with E-state index in [9.17, 15) is 4.79 Å². The van der Waals surface area contributed by atoms with Crippen LogP contribution in [0.2, 0.25) is 10.3 Å². The topological polar surface area (TPSA) is 60.2 Å². The molecule has 90 valence electrons. The van der Waals surface area contributed by atoms with Crippen LogP contribution in [0.1, 0.15) is 0 Å². The first kappa shape index (κ1) is 11.6. The molecular formula is C10H4Cl2N4OS. The summed E-state index contributed by atoms with van der Waals surface area (Å²) in [6.45, 7) is 0. The lowest BCUT2D eigenvalue weighted by molar-refractivity contribution is 0.935. The number of fused-ring (bicyclic) bond motifs is 1. The highest BCUT2D eigenvalue weighted by atomic mass is 35.5. The maximum absolute atomic E-state index is 11.2. The quantitative estimate of drug-likeness (QED) is 0.512. The molecule has 18 heavy (non-hydrogen) atoms. The van der Waals surface area contributed by atoms with E-state index in [4.69, 9.17) is 23.2 Å². The minimum atomic E-state index is -0.386. The molecule has 8 heteroatoms. The minimum Gasteiger partial charge on any atom is -0.267 e. The Bertz CT molecular complexity index is 798. The predicted molar refractivity (Wildman–Crippen MR) is 70.4 cm³/mol. The first-order valence-electron chi connectivity index (χ1n) is 4.82. The van der Waals surface area contributed by atoms with Gasteiger partial charge in [-0.15, -0.1) is 0 Å². The summed E-state index contributed by atoms with van der Waals surface area (Å²) >= 11 is 13.0. The van der Waals surface area contributed by atoms with Crippen LogP contribution in [0.25, 0.3) is 15.5 Å². The molecule has 0 aliphatic heterocycles. The number of hydrogen-bond acceptors (Lipinski definition) is 5. The van der Waals surface area contributed by atoms with Crippen molar-refractivity contribution in [2.75, 3.05) is 0 Å². The van der Waals surface area contributed by atoms with Crippen molar-refractivity contribution in [1.29, 1.82) is 0 Å². The number of halogens is 2. The molecule has 5 nitrogen and oxygen atoms in total. The average molecular weight is 299 g/mol. The Labute approximate surface area is 115 Å². The second-order valence-corrected chi connectivity index (χ2v) is 5.12. The maximum atomic E-state index is 11.2. The molecule has 0 spiro atoms. The maximum Gasteiger partial charge on any atom is 0.275 e. The second-order valence-electron chi connectivity index (χ2n) is 3.39. The van der Waals surface area contributed by atoms with Gasteiger partial charge in [0.2, 0.25) is 4.96 Å². The second kappa shape index (κ2) is 4.31. The molecule has 0 aliphatic rings. The van der Waals surface area contributed by atoms with Crippen LogP contribution in [0.3, 0.4) is 0 Å². The van der Waals surface area contributed by atoms with Crippen LogP contribution in [0.15, 0.2) is 29.2 Å². The summed E-state index contributed by atoms with van der Waals surface area (Å²) < 4.78 is 1.41. The van der Waals surface area contributed by atoms with Crippen molar-refractivity contribution >= 4 is 39.5 Å². The highest BCUT2D eigenvalue weighted by molar-refractivity contribution is 7.19. The summed E-state index contributed by atoms with van der Waals surface area (Å²) in [5, 5.41) is 5.55. The average Bonchev–Trinajstić information content (AvgIpc) is 2.73. The molecule has 0 N–H and O–H groups in total. The van der Waals surface area contributed by atoms with Gasteiger partial charge in [0.05, 0.1) is 0 Å². The van der Waals surface area contributed by atoms with Gasteiger partial charge in [0.25, 0.3) is 5.56 Å². The minimum absolute atomic E-state index is 0.229. The van der Waals surface area contributed by atoms with Gasteiger partial charge in [-0.05, 0) is 12.1 Å². The van der Waals surface area contributed by atoms with Gasteiger partial charge in [-0.25, -0.2) is 4.98 Å². The molecule has 3 rings (SSSR count). The zero-order valence-corrected chi connectivity index (χ0v) is 11.0. The summed E-state index contributed by atoms with van der Waals surface area (Å²) in [5.41, 5.74) is 0.414. The number of pyridine rings is 1. The lowest BCUT2D eigenvalue weighted by Crippen LogP contribution is -2.06. The molecule has 0 saturated heterocycles. The molecule has 0 saturated carbocycles. The molecular weight excluding hydrogens is 295 g/mol. The van der Waals surface area contributed by atoms with Crippen LogP contribution < -0.4 is 5.56 Å². The number of nitrogens with zero attached hydrogens (tertiary/aromatic N) is 4. The highest BCUT2D eigenvalue weighted by Crippen LogP contribution is 2.26. The van der Waals surface area contributed by atoms with E-state index < -0.39 is 0 Å². The molecule has 0 radical (unpaired) electrons. The van der Waals surface area contributed by atoms with Gasteiger partial charge in [-0.2, -0.15) is 14.6 Å². The Hall–Kier alpha value is -1.50. The van der Waals surface area contributed by atoms with Gasteiger partial charge >= 0.3 is 0 Å². The molecule has 0 amide bonds. The Balaban J connectivity index is 2.25. The Morgan fingerprint density at radius 2 is 2.11 bits per heavy atom. The molecule has 3 aromatic rings. The van der Waals surface area contributed by atoms with Crippen LogP contribution in [0.4, 0.5) is 0 Å². The van der Waals surface area contributed by atoms with E-state index in [2.05, 4.69) is 15.1 Å². The number of rotatable bonds is 1. The Morgan fingerprint density at radius 3 is 2.89 bits per heavy atom. The van der Waals surface area contributed by atoms with Crippen molar-refractivity contribution in [3.63, 3.8) is 0 Å². The monoisotopic (exact) mass is 298 g/mol. The van der Waals surface area contributed by atoms with Crippen LogP contribution >= 0.6 is 34.5 Å². The van der Waals surface area contributed by atoms with Crippen molar-refractivity contribution in [1.82, 2.24) is 19.6 Å². The molecule has 0 bridgehead atoms. The first-order chi connectivity index (χ1) is 8.63. The van der Waals surface area contributed by atoms with Crippen LogP contribution in [0.5, 0.6) is 0 Å². The van der Waals surface area contributed by atoms with Crippen molar-refractivity contribution in [3.05, 3.63) is 45.1 Å². The standard InChI is InChI=1S/C10H4Cl2N4OS/c11-6-3-5(1-2-13-6)9-15-16-7(12)4-8(17)14-10(16)18-9/h1-4H. The van der Waals surface area contributed by atoms with Gasteiger partial charge in [-0.3, -0.25) is 4.79 Å². The van der Waals surface area contributed by atoms with Gasteiger partial charge in [0, 0.05) is 17.8 Å². The van der Waals surface area contributed by atoms with E-state index in [1.807, 2.05) is 0 Å². The Kier molecular flexibility index (Phi) is 2.77. The van der Waals surface area contributed by atoms with E-state index in [1.165, 1.54) is 21.9 Å². The van der Waals surface area contributed by atoms with Gasteiger partial charge < -0.3 is 0 Å². The largest absolute Gasteiger partial charge is 0.275 e. The smallest absolute Gasteiger partial charge is 0.267 e. The third kappa shape index (κ3) is 1.98. The molecule has 3 heterocycles. The molecule has 0 fully saturated rings. The normalized spacial score (nSPS) is 11.0. The van der Waals surface area contributed by atoms with Crippen LogP contribution in [-0.2, 0) is 0 Å². The van der Waals surface area contributed by atoms with E-state index in [0.717, 1.165) is 5.56 Å². The number of aromatic nitrogens is 4. The predicted octanol–water partition coefficient (Wildman–Crippen LogP) is 2.52. The zero-order valence-electron chi connectivity index (χ0n) is 8.67. The zero-order chi connectivity index (χ0) is 12.7. The van der Waals surface area contributed by atoms with Crippen LogP contribution in [-0.4, -0.2) is 19.6 Å². The fourth-order valence-electron chi connectivity index (χ4n) is 1.43. The summed E-state index contributed by atoms with van der Waals surface area (Å²) in [6, 6.07) is 4.68. The molecule has 0 aliphatic carbocycles. The lowest BCUT2D eigenvalue weighted by Gasteiger charge is -1.94. The molecule has 0 aromatic carbocycles. The summed E-state index contributed by atoms with van der Waals surface area (Å²) in [5.74, 6) is 0. The SMILES string of the molecule is O=c1cc(Cl)n2nc(-c3ccnc(Cl)c3)sc2n1. The lowest BCUT2D eigenvalue weighted by atomic mass is 10.3. The van der Waals surface area contributed by atoms with Gasteiger partial charge in [-0.1, -0.05) is 34.5 Å². The van der Waals surface area contributed by atoms with E-state index in [-0.39, 0.29) is 10.7 Å².